The number of fused-ring (bicyclic) bond motifs is 3. The van der Waals surface area contributed by atoms with E-state index in [1.54, 1.807) is 23.5 Å². The van der Waals surface area contributed by atoms with Gasteiger partial charge in [0, 0.05) is 32.6 Å². The van der Waals surface area contributed by atoms with Gasteiger partial charge in [-0.1, -0.05) is 42.5 Å². The number of hydrogen-bond acceptors (Lipinski definition) is 5. The van der Waals surface area contributed by atoms with E-state index < -0.39 is 5.97 Å². The van der Waals surface area contributed by atoms with Crippen molar-refractivity contribution in [3.05, 3.63) is 94.6 Å². The first-order valence-corrected chi connectivity index (χ1v) is 12.3. The number of thioether (sulfide) groups is 1. The zero-order chi connectivity index (χ0) is 22.8. The van der Waals surface area contributed by atoms with E-state index in [0.717, 1.165) is 39.6 Å². The molecule has 1 aliphatic carbocycles. The lowest BCUT2D eigenvalue weighted by molar-refractivity contribution is -0.139. The summed E-state index contributed by atoms with van der Waals surface area (Å²) in [5.41, 5.74) is 4.96. The fourth-order valence-corrected chi connectivity index (χ4v) is 6.46. The van der Waals surface area contributed by atoms with Crippen LogP contribution < -0.4 is 4.74 Å². The predicted molar refractivity (Wildman–Crippen MR) is 130 cm³/mol. The van der Waals surface area contributed by atoms with Gasteiger partial charge in [0.1, 0.15) is 16.6 Å². The number of nitrogens with zero attached hydrogens (tertiary/aromatic N) is 1. The highest BCUT2D eigenvalue weighted by Gasteiger charge is 2.31. The molecule has 0 spiro atoms. The van der Waals surface area contributed by atoms with Crippen molar-refractivity contribution in [1.82, 2.24) is 4.98 Å². The lowest BCUT2D eigenvalue weighted by atomic mass is 9.92. The summed E-state index contributed by atoms with van der Waals surface area (Å²) < 4.78 is 19.1. The third kappa shape index (κ3) is 4.65. The van der Waals surface area contributed by atoms with Gasteiger partial charge in [0.15, 0.2) is 6.61 Å². The monoisotopic (exact) mass is 477 g/mol. The summed E-state index contributed by atoms with van der Waals surface area (Å²) in [6.07, 6.45) is 0.723. The molecule has 1 aliphatic rings. The lowest BCUT2D eigenvalue weighted by Gasteiger charge is -2.25. The first kappa shape index (κ1) is 21.7. The molecule has 0 aliphatic heterocycles. The van der Waals surface area contributed by atoms with Gasteiger partial charge in [-0.15, -0.1) is 23.1 Å². The first-order valence-electron chi connectivity index (χ1n) is 10.5. The topological polar surface area (TPSA) is 59.4 Å². The Morgan fingerprint density at radius 3 is 2.64 bits per heavy atom. The van der Waals surface area contributed by atoms with Gasteiger partial charge in [-0.25, -0.2) is 14.2 Å². The van der Waals surface area contributed by atoms with Gasteiger partial charge in [0.25, 0.3) is 0 Å². The van der Waals surface area contributed by atoms with Gasteiger partial charge in [-0.3, -0.25) is 0 Å². The molecule has 166 valence electrons. The molecule has 0 amide bonds. The Bertz CT molecular complexity index is 1290. The minimum Gasteiger partial charge on any atom is -0.482 e. The highest BCUT2D eigenvalue weighted by molar-refractivity contribution is 7.98. The number of rotatable bonds is 7. The predicted octanol–water partition coefficient (Wildman–Crippen LogP) is 6.61. The number of aromatic nitrogens is 1. The summed E-state index contributed by atoms with van der Waals surface area (Å²) in [6.45, 7) is -0.386. The van der Waals surface area contributed by atoms with E-state index in [2.05, 4.69) is 12.1 Å². The van der Waals surface area contributed by atoms with Crippen LogP contribution in [0, 0.1) is 5.82 Å². The second-order valence-corrected chi connectivity index (χ2v) is 9.91. The third-order valence-electron chi connectivity index (χ3n) is 5.46. The molecule has 0 bridgehead atoms. The van der Waals surface area contributed by atoms with Gasteiger partial charge in [0.2, 0.25) is 0 Å². The van der Waals surface area contributed by atoms with Crippen LogP contribution in [0.1, 0.15) is 21.3 Å². The minimum atomic E-state index is -1.01. The van der Waals surface area contributed by atoms with Crippen LogP contribution in [-0.2, 0) is 17.0 Å². The normalized spacial score (nSPS) is 14.4. The molecule has 7 heteroatoms. The number of benzene rings is 3. The SMILES string of the molecule is O=C(O)COc1cccc2c1CC(SCc1ccccc1)c1sc(-c3ccc(F)cc3)nc1-2. The zero-order valence-corrected chi connectivity index (χ0v) is 19.2. The van der Waals surface area contributed by atoms with Gasteiger partial charge in [-0.05, 0) is 42.3 Å². The molecule has 5 rings (SSSR count). The fourth-order valence-electron chi connectivity index (χ4n) is 3.92. The molecule has 4 aromatic rings. The number of hydrogen-bond donors (Lipinski definition) is 1. The van der Waals surface area contributed by atoms with Crippen LogP contribution in [0.25, 0.3) is 21.8 Å². The first-order chi connectivity index (χ1) is 16.1. The molecule has 1 atom stereocenters. The third-order valence-corrected chi connectivity index (χ3v) is 8.13. The van der Waals surface area contributed by atoms with E-state index >= 15 is 0 Å². The van der Waals surface area contributed by atoms with Crippen molar-refractivity contribution in [3.8, 4) is 27.6 Å². The van der Waals surface area contributed by atoms with E-state index in [0.29, 0.717) is 5.75 Å². The van der Waals surface area contributed by atoms with E-state index in [4.69, 9.17) is 14.8 Å². The maximum absolute atomic E-state index is 13.4. The number of halogens is 1. The van der Waals surface area contributed by atoms with Crippen molar-refractivity contribution in [2.75, 3.05) is 6.61 Å². The van der Waals surface area contributed by atoms with Crippen LogP contribution in [0.15, 0.2) is 72.8 Å². The van der Waals surface area contributed by atoms with Crippen molar-refractivity contribution in [3.63, 3.8) is 0 Å². The van der Waals surface area contributed by atoms with Gasteiger partial charge < -0.3 is 9.84 Å². The minimum absolute atomic E-state index is 0.147. The Labute approximate surface area is 199 Å². The number of aliphatic carboxylic acids is 1. The molecule has 0 radical (unpaired) electrons. The average Bonchev–Trinajstić information content (AvgIpc) is 3.28. The number of carbonyl (C=O) groups is 1. The van der Waals surface area contributed by atoms with Crippen LogP contribution in [0.3, 0.4) is 0 Å². The summed E-state index contributed by atoms with van der Waals surface area (Å²) in [7, 11) is 0. The summed E-state index contributed by atoms with van der Waals surface area (Å²) in [5, 5.41) is 10.1. The summed E-state index contributed by atoms with van der Waals surface area (Å²) >= 11 is 3.48. The van der Waals surface area contributed by atoms with Crippen molar-refractivity contribution in [2.45, 2.75) is 17.4 Å². The largest absolute Gasteiger partial charge is 0.482 e. The molecule has 0 saturated heterocycles. The molecule has 33 heavy (non-hydrogen) atoms. The van der Waals surface area contributed by atoms with Crippen molar-refractivity contribution in [1.29, 1.82) is 0 Å². The number of thiazole rings is 1. The van der Waals surface area contributed by atoms with Crippen LogP contribution in [0.2, 0.25) is 0 Å². The second kappa shape index (κ2) is 9.37. The summed E-state index contributed by atoms with van der Waals surface area (Å²) in [6, 6.07) is 22.4. The Balaban J connectivity index is 1.54. The molecule has 1 N–H and O–H groups in total. The smallest absolute Gasteiger partial charge is 0.341 e. The zero-order valence-electron chi connectivity index (χ0n) is 17.5. The van der Waals surface area contributed by atoms with Gasteiger partial charge in [0.05, 0.1) is 5.69 Å². The molecule has 1 unspecified atom stereocenters. The maximum Gasteiger partial charge on any atom is 0.341 e. The number of ether oxygens (including phenoxy) is 1. The Hall–Kier alpha value is -3.16. The standard InChI is InChI=1S/C26H20FNO3S2/c27-18-11-9-17(10-12-18)26-28-24-19-7-4-8-21(31-14-23(29)30)20(19)13-22(25(24)33-26)32-15-16-5-2-1-3-6-16/h1-12,22H,13-15H2,(H,29,30). The van der Waals surface area contributed by atoms with Crippen LogP contribution in [0.5, 0.6) is 5.75 Å². The van der Waals surface area contributed by atoms with E-state index in [-0.39, 0.29) is 17.7 Å². The maximum atomic E-state index is 13.4. The molecule has 0 saturated carbocycles. The Kier molecular flexibility index (Phi) is 6.15. The summed E-state index contributed by atoms with van der Waals surface area (Å²) in [5.74, 6) is 0.151. The van der Waals surface area contributed by atoms with Crippen LogP contribution in [0.4, 0.5) is 4.39 Å². The molecule has 1 aromatic heterocycles. The van der Waals surface area contributed by atoms with Crippen molar-refractivity contribution in [2.24, 2.45) is 0 Å². The van der Waals surface area contributed by atoms with Gasteiger partial charge >= 0.3 is 5.97 Å². The average molecular weight is 478 g/mol. The highest BCUT2D eigenvalue weighted by Crippen LogP contribution is 2.51. The second-order valence-electron chi connectivity index (χ2n) is 7.69. The molecular weight excluding hydrogens is 457 g/mol. The van der Waals surface area contributed by atoms with E-state index in [1.807, 2.05) is 48.2 Å². The van der Waals surface area contributed by atoms with Crippen LogP contribution in [-0.4, -0.2) is 22.7 Å². The highest BCUT2D eigenvalue weighted by atomic mass is 32.2. The van der Waals surface area contributed by atoms with Gasteiger partial charge in [-0.2, -0.15) is 0 Å². The van der Waals surface area contributed by atoms with E-state index in [9.17, 15) is 9.18 Å². The molecule has 4 nitrogen and oxygen atoms in total. The van der Waals surface area contributed by atoms with Crippen molar-refractivity contribution < 1.29 is 19.0 Å². The molecule has 3 aromatic carbocycles. The Morgan fingerprint density at radius 2 is 1.88 bits per heavy atom. The van der Waals surface area contributed by atoms with Crippen LogP contribution >= 0.6 is 23.1 Å². The van der Waals surface area contributed by atoms with Crippen molar-refractivity contribution >= 4 is 29.1 Å². The lowest BCUT2D eigenvalue weighted by Crippen LogP contribution is -2.13. The summed E-state index contributed by atoms with van der Waals surface area (Å²) in [4.78, 5) is 17.2. The van der Waals surface area contributed by atoms with E-state index in [1.165, 1.54) is 22.6 Å². The molecular formula is C26H20FNO3S2. The number of carboxylic acid groups (broad SMARTS) is 1. The number of carboxylic acids is 1. The fraction of sp³-hybridized carbons (Fsp3) is 0.154. The quantitative estimate of drug-likeness (QED) is 0.325. The molecule has 0 fully saturated rings. The Morgan fingerprint density at radius 1 is 1.09 bits per heavy atom. The molecule has 1 heterocycles.